The Balaban J connectivity index is 0.000000114. The minimum Gasteiger partial charge on any atom is -0.309 e. The molecule has 0 bridgehead atoms. The number of aromatic nitrogens is 11. The molecule has 0 atom stereocenters. The van der Waals surface area contributed by atoms with E-state index in [2.05, 4.69) is 361 Å². The molecule has 11 heteroatoms. The fourth-order valence-corrected chi connectivity index (χ4v) is 17.6. The van der Waals surface area contributed by atoms with Gasteiger partial charge in [0.15, 0.2) is 5.82 Å². The summed E-state index contributed by atoms with van der Waals surface area (Å²) >= 11 is 0. The third kappa shape index (κ3) is 15.6. The van der Waals surface area contributed by atoms with Gasteiger partial charge in [-0.25, -0.2) is 19.9 Å². The van der Waals surface area contributed by atoms with Crippen LogP contribution in [0.1, 0.15) is 0 Å². The maximum atomic E-state index is 4.97. The average Bonchev–Trinajstić information content (AvgIpc) is 1.61. The van der Waals surface area contributed by atoms with Gasteiger partial charge in [-0.15, -0.1) is 0 Å². The summed E-state index contributed by atoms with van der Waals surface area (Å²) in [6.07, 6.45) is 7.20. The second-order valence-corrected chi connectivity index (χ2v) is 31.8. The summed E-state index contributed by atoms with van der Waals surface area (Å²) in [7, 11) is 0. The summed E-state index contributed by atoms with van der Waals surface area (Å²) in [6, 6.07) is 159. The number of benzene rings is 14. The van der Waals surface area contributed by atoms with Crippen molar-refractivity contribution in [2.24, 2.45) is 0 Å². The van der Waals surface area contributed by atoms with E-state index in [1.165, 1.54) is 87.7 Å². The van der Waals surface area contributed by atoms with Gasteiger partial charge in [0.1, 0.15) is 0 Å². The van der Waals surface area contributed by atoms with E-state index in [4.69, 9.17) is 19.9 Å². The third-order valence-electron chi connectivity index (χ3n) is 23.9. The fraction of sp³-hybridized carbons (Fsp3) is 0. The monoisotopic (exact) mass is 1650 g/mol. The largest absolute Gasteiger partial charge is 0.309 e. The molecule has 14 aromatic carbocycles. The van der Waals surface area contributed by atoms with Crippen LogP contribution in [0.3, 0.4) is 0 Å². The first-order valence-electron chi connectivity index (χ1n) is 43.2. The van der Waals surface area contributed by atoms with Gasteiger partial charge in [0.2, 0.25) is 0 Å². The molecular formula is C118H79N11. The van der Waals surface area contributed by atoms with Crippen LogP contribution in [0.2, 0.25) is 0 Å². The maximum absolute atomic E-state index is 4.97. The lowest BCUT2D eigenvalue weighted by molar-refractivity contribution is 1.16. The van der Waals surface area contributed by atoms with Crippen LogP contribution in [0.25, 0.3) is 218 Å². The molecule has 10 heterocycles. The molecule has 0 unspecified atom stereocenters. The minimum atomic E-state index is 0.684. The van der Waals surface area contributed by atoms with E-state index in [0.29, 0.717) is 5.82 Å². The number of nitrogens with zero attached hydrogens (tertiary/aromatic N) is 11. The summed E-state index contributed by atoms with van der Waals surface area (Å²) in [6.45, 7) is 0. The summed E-state index contributed by atoms with van der Waals surface area (Å²) in [5.41, 5.74) is 33.8. The molecule has 0 spiro atoms. The maximum Gasteiger partial charge on any atom is 0.160 e. The van der Waals surface area contributed by atoms with Crippen LogP contribution >= 0.6 is 0 Å². The predicted octanol–water partition coefficient (Wildman–Crippen LogP) is 29.5. The van der Waals surface area contributed by atoms with Crippen LogP contribution in [0.5, 0.6) is 0 Å². The lowest BCUT2D eigenvalue weighted by Crippen LogP contribution is -1.96. The molecule has 0 aliphatic heterocycles. The number of hydrogen-bond donors (Lipinski definition) is 0. The Bertz CT molecular complexity index is 7030. The van der Waals surface area contributed by atoms with Gasteiger partial charge in [-0.05, 0) is 207 Å². The van der Waals surface area contributed by atoms with Crippen molar-refractivity contribution < 1.29 is 0 Å². The molecule has 0 aliphatic carbocycles. The van der Waals surface area contributed by atoms with Gasteiger partial charge in [-0.1, -0.05) is 303 Å². The molecule has 606 valence electrons. The SMILES string of the molecule is c1ccc(-c2cc(-c3ccc(-c4ccc(-n5c6ccccc6c6ccccc65)cc4)cc3)cc(-c3ccccn3)n2)cc1.c1ccc(-c2cc(-c3ccc(-c4ccc(-n5c6ccccc6c6ccccc65)cc4)cc3)cc(-c3ccccn3)n2)nc1.c1ccc(-c2nc(-c3ccc(-c4ccc(-n5c6ccccc6c6ccccc65)cc4)cc3)cc(-c3ccccn3)n2)cc1. The standard InChI is InChI=1S/C40H27N3.2C39H26N4/c1-2-10-31(11-3-1)37-26-32(27-38(42-37)36-14-8-9-25-41-36)30-19-17-28(18-20-30)29-21-23-33(24-22-29)43-39-15-6-4-12-34(39)35-13-5-7-16-40(35)43;1-3-13-38-32(9-1)33-10-2-4-14-39(33)43(38)31-21-19-28(20-22-31)27-15-17-29(18-16-27)30-25-36(34-11-5-7-23-40-34)42-37(26-30)35-12-6-8-24-41-35;1-2-10-30(11-3-1)39-41-35(26-36(42-39)34-14-8-9-25-40-34)29-19-17-27(18-20-29)28-21-23-31(24-22-28)43-37-15-6-4-12-32(37)33-13-5-7-16-38(33)43/h1-27H;2*1-26H. The van der Waals surface area contributed by atoms with Crippen molar-refractivity contribution in [1.29, 1.82) is 0 Å². The quantitative estimate of drug-likeness (QED) is 0.0996. The third-order valence-corrected chi connectivity index (χ3v) is 23.9. The van der Waals surface area contributed by atoms with E-state index in [0.717, 1.165) is 124 Å². The van der Waals surface area contributed by atoms with Crippen LogP contribution in [0.4, 0.5) is 0 Å². The molecule has 129 heavy (non-hydrogen) atoms. The predicted molar refractivity (Wildman–Crippen MR) is 530 cm³/mol. The number of para-hydroxylation sites is 6. The van der Waals surface area contributed by atoms with E-state index in [1.807, 2.05) is 134 Å². The highest BCUT2D eigenvalue weighted by Gasteiger charge is 2.20. The molecule has 24 aromatic rings. The zero-order valence-corrected chi connectivity index (χ0v) is 70.0. The highest BCUT2D eigenvalue weighted by atomic mass is 15.0. The topological polar surface area (TPSA) is 118 Å². The fourth-order valence-electron chi connectivity index (χ4n) is 17.6. The van der Waals surface area contributed by atoms with Gasteiger partial charge < -0.3 is 13.7 Å². The Hall–Kier alpha value is -17.5. The van der Waals surface area contributed by atoms with E-state index in [9.17, 15) is 0 Å². The molecule has 0 fully saturated rings. The van der Waals surface area contributed by atoms with E-state index < -0.39 is 0 Å². The highest BCUT2D eigenvalue weighted by Crippen LogP contribution is 2.40. The lowest BCUT2D eigenvalue weighted by atomic mass is 9.98. The Kier molecular flexibility index (Phi) is 20.8. The van der Waals surface area contributed by atoms with Gasteiger partial charge in [0, 0.05) is 90.9 Å². The summed E-state index contributed by atoms with van der Waals surface area (Å²) in [5.74, 6) is 0.684. The zero-order chi connectivity index (χ0) is 85.8. The van der Waals surface area contributed by atoms with E-state index >= 15 is 0 Å². The van der Waals surface area contributed by atoms with Gasteiger partial charge in [0.05, 0.1) is 90.0 Å². The normalized spacial score (nSPS) is 11.3. The van der Waals surface area contributed by atoms with E-state index in [-0.39, 0.29) is 0 Å². The number of pyridine rings is 6. The molecular weight excluding hydrogens is 1570 g/mol. The second-order valence-electron chi connectivity index (χ2n) is 31.8. The first-order chi connectivity index (χ1) is 63.9. The second kappa shape index (κ2) is 34.6. The lowest BCUT2D eigenvalue weighted by Gasteiger charge is -2.11. The van der Waals surface area contributed by atoms with Crippen LogP contribution in [-0.2, 0) is 0 Å². The van der Waals surface area contributed by atoms with E-state index in [1.54, 1.807) is 18.6 Å². The van der Waals surface area contributed by atoms with Crippen LogP contribution in [-0.4, -0.2) is 53.6 Å². The van der Waals surface area contributed by atoms with Crippen molar-refractivity contribution >= 4 is 65.4 Å². The Morgan fingerprint density at radius 3 is 0.636 bits per heavy atom. The Labute approximate surface area is 746 Å². The molecule has 0 saturated carbocycles. The average molecular weight is 1650 g/mol. The smallest absolute Gasteiger partial charge is 0.160 e. The van der Waals surface area contributed by atoms with Crippen molar-refractivity contribution in [3.05, 3.63) is 480 Å². The zero-order valence-electron chi connectivity index (χ0n) is 70.0. The van der Waals surface area contributed by atoms with Crippen molar-refractivity contribution in [3.63, 3.8) is 0 Å². The molecule has 0 N–H and O–H groups in total. The molecule has 0 aliphatic rings. The van der Waals surface area contributed by atoms with Gasteiger partial charge in [-0.3, -0.25) is 19.9 Å². The Morgan fingerprint density at radius 1 is 0.132 bits per heavy atom. The van der Waals surface area contributed by atoms with Crippen molar-refractivity contribution in [3.8, 4) is 152 Å². The molecule has 0 saturated heterocycles. The molecule has 10 aromatic heterocycles. The molecule has 11 nitrogen and oxygen atoms in total. The molecule has 0 radical (unpaired) electrons. The molecule has 0 amide bonds. The highest BCUT2D eigenvalue weighted by molar-refractivity contribution is 6.11. The number of rotatable bonds is 15. The summed E-state index contributed by atoms with van der Waals surface area (Å²) < 4.78 is 7.04. The minimum absolute atomic E-state index is 0.684. The van der Waals surface area contributed by atoms with Crippen molar-refractivity contribution in [2.75, 3.05) is 0 Å². The van der Waals surface area contributed by atoms with Crippen LogP contribution in [0, 0.1) is 0 Å². The summed E-state index contributed by atoms with van der Waals surface area (Å²) in [5, 5.41) is 7.62. The summed E-state index contributed by atoms with van der Waals surface area (Å²) in [4.78, 5) is 37.9. The number of fused-ring (bicyclic) bond motifs is 9. The van der Waals surface area contributed by atoms with Gasteiger partial charge in [-0.2, -0.15) is 0 Å². The van der Waals surface area contributed by atoms with Crippen LogP contribution < -0.4 is 0 Å². The van der Waals surface area contributed by atoms with Crippen molar-refractivity contribution in [2.45, 2.75) is 0 Å². The van der Waals surface area contributed by atoms with Crippen LogP contribution in [0.15, 0.2) is 480 Å². The van der Waals surface area contributed by atoms with Gasteiger partial charge >= 0.3 is 0 Å². The van der Waals surface area contributed by atoms with Crippen molar-refractivity contribution in [1.82, 2.24) is 53.6 Å². The first-order valence-corrected chi connectivity index (χ1v) is 43.2. The molecule has 24 rings (SSSR count). The first kappa shape index (κ1) is 77.5. The Morgan fingerprint density at radius 2 is 0.341 bits per heavy atom. The van der Waals surface area contributed by atoms with Gasteiger partial charge in [0.25, 0.3) is 0 Å². The number of hydrogen-bond acceptors (Lipinski definition) is 8.